The summed E-state index contributed by atoms with van der Waals surface area (Å²) in [4.78, 5) is 0. The molecule has 1 aromatic carbocycles. The third-order valence-electron chi connectivity index (χ3n) is 5.24. The van der Waals surface area contributed by atoms with Crippen LogP contribution < -0.4 is 10.1 Å². The van der Waals surface area contributed by atoms with Crippen molar-refractivity contribution in [3.8, 4) is 5.75 Å². The minimum absolute atomic E-state index is 0.381. The van der Waals surface area contributed by atoms with Crippen molar-refractivity contribution in [2.45, 2.75) is 57.1 Å². The van der Waals surface area contributed by atoms with E-state index in [1.165, 1.54) is 42.1 Å². The highest BCUT2D eigenvalue weighted by Gasteiger charge is 2.55. The first-order valence-electron chi connectivity index (χ1n) is 7.84. The maximum atomic E-state index is 6.37. The van der Waals surface area contributed by atoms with Crippen LogP contribution >= 0.6 is 22.6 Å². The first-order chi connectivity index (χ1) is 9.74. The Morgan fingerprint density at radius 1 is 1.20 bits per heavy atom. The topological polar surface area (TPSA) is 21.3 Å². The molecule has 3 heteroatoms. The summed E-state index contributed by atoms with van der Waals surface area (Å²) in [6.07, 6.45) is 9.73. The molecular weight excluding hydrogens is 361 g/mol. The molecule has 2 unspecified atom stereocenters. The van der Waals surface area contributed by atoms with E-state index >= 15 is 0 Å². The number of nitrogens with one attached hydrogen (secondary N) is 1. The summed E-state index contributed by atoms with van der Waals surface area (Å²) >= 11 is 2.35. The summed E-state index contributed by atoms with van der Waals surface area (Å²) in [7, 11) is 2.11. The van der Waals surface area contributed by atoms with Crippen LogP contribution in [-0.4, -0.2) is 19.2 Å². The second-order valence-electron chi connectivity index (χ2n) is 6.29. The maximum Gasteiger partial charge on any atom is 0.120 e. The predicted molar refractivity (Wildman–Crippen MR) is 91.2 cm³/mol. The summed E-state index contributed by atoms with van der Waals surface area (Å²) in [6, 6.07) is 9.10. The number of hydrogen-bond acceptors (Lipinski definition) is 2. The molecule has 2 fully saturated rings. The van der Waals surface area contributed by atoms with Gasteiger partial charge >= 0.3 is 0 Å². The van der Waals surface area contributed by atoms with Crippen LogP contribution in [0.1, 0.15) is 44.9 Å². The highest BCUT2D eigenvalue weighted by molar-refractivity contribution is 14.1. The van der Waals surface area contributed by atoms with E-state index in [4.69, 9.17) is 4.74 Å². The Balaban J connectivity index is 1.75. The van der Waals surface area contributed by atoms with Crippen molar-refractivity contribution >= 4 is 22.6 Å². The van der Waals surface area contributed by atoms with Crippen molar-refractivity contribution in [3.63, 3.8) is 0 Å². The van der Waals surface area contributed by atoms with E-state index in [1.807, 2.05) is 0 Å². The van der Waals surface area contributed by atoms with Crippen molar-refractivity contribution in [2.24, 2.45) is 5.41 Å². The molecule has 20 heavy (non-hydrogen) atoms. The molecule has 0 aromatic heterocycles. The molecule has 1 spiro atoms. The first kappa shape index (κ1) is 14.6. The molecule has 0 amide bonds. The van der Waals surface area contributed by atoms with Crippen LogP contribution in [-0.2, 0) is 0 Å². The predicted octanol–water partition coefficient (Wildman–Crippen LogP) is 4.37. The van der Waals surface area contributed by atoms with Gasteiger partial charge in [0.2, 0.25) is 0 Å². The molecule has 0 heterocycles. The van der Waals surface area contributed by atoms with Crippen LogP contribution in [0.3, 0.4) is 0 Å². The minimum atomic E-state index is 0.381. The molecular formula is C17H24INO. The number of benzene rings is 1. The summed E-state index contributed by atoms with van der Waals surface area (Å²) in [6.45, 7) is 0. The molecule has 2 nitrogen and oxygen atoms in total. The van der Waals surface area contributed by atoms with Gasteiger partial charge in [-0.2, -0.15) is 0 Å². The highest BCUT2D eigenvalue weighted by atomic mass is 127. The third-order valence-corrected chi connectivity index (χ3v) is 5.91. The lowest BCUT2D eigenvalue weighted by Gasteiger charge is -2.55. The molecule has 1 N–H and O–H groups in total. The fraction of sp³-hybridized carbons (Fsp3) is 0.647. The Hall–Kier alpha value is -0.290. The van der Waals surface area contributed by atoms with Crippen molar-refractivity contribution in [2.75, 3.05) is 7.05 Å². The van der Waals surface area contributed by atoms with Gasteiger partial charge in [-0.1, -0.05) is 31.7 Å². The molecule has 110 valence electrons. The molecule has 2 atom stereocenters. The average molecular weight is 385 g/mol. The molecule has 2 saturated carbocycles. The zero-order valence-corrected chi connectivity index (χ0v) is 14.4. The molecule has 2 aliphatic rings. The second-order valence-corrected chi connectivity index (χ2v) is 7.53. The molecule has 1 aromatic rings. The van der Waals surface area contributed by atoms with Crippen molar-refractivity contribution in [1.29, 1.82) is 0 Å². The number of hydrogen-bond donors (Lipinski definition) is 1. The van der Waals surface area contributed by atoms with Gasteiger partial charge in [0.1, 0.15) is 11.9 Å². The fourth-order valence-electron chi connectivity index (χ4n) is 4.08. The Labute approximate surface area is 135 Å². The van der Waals surface area contributed by atoms with Crippen molar-refractivity contribution < 1.29 is 4.74 Å². The summed E-state index contributed by atoms with van der Waals surface area (Å²) < 4.78 is 7.62. The highest BCUT2D eigenvalue weighted by Crippen LogP contribution is 2.52. The monoisotopic (exact) mass is 385 g/mol. The van der Waals surface area contributed by atoms with Crippen molar-refractivity contribution in [1.82, 2.24) is 5.32 Å². The van der Waals surface area contributed by atoms with Gasteiger partial charge in [0.15, 0.2) is 0 Å². The van der Waals surface area contributed by atoms with E-state index in [0.717, 1.165) is 12.2 Å². The van der Waals surface area contributed by atoms with Gasteiger partial charge in [-0.3, -0.25) is 0 Å². The van der Waals surface area contributed by atoms with Gasteiger partial charge in [0, 0.05) is 21.4 Å². The zero-order valence-electron chi connectivity index (χ0n) is 12.2. The number of ether oxygens (including phenoxy) is 1. The lowest BCUT2D eigenvalue weighted by atomic mass is 9.58. The van der Waals surface area contributed by atoms with E-state index < -0.39 is 0 Å². The Kier molecular flexibility index (Phi) is 4.55. The lowest BCUT2D eigenvalue weighted by Crippen LogP contribution is -2.64. The molecule has 0 saturated heterocycles. The van der Waals surface area contributed by atoms with Gasteiger partial charge in [-0.15, -0.1) is 0 Å². The van der Waals surface area contributed by atoms with Crippen LogP contribution in [0.25, 0.3) is 0 Å². The SMILES string of the molecule is CNC1CC(Oc2cccc(I)c2)C12CCCCCC2. The van der Waals surface area contributed by atoms with Gasteiger partial charge in [0.05, 0.1) is 0 Å². The Bertz CT molecular complexity index is 454. The normalized spacial score (nSPS) is 28.7. The lowest BCUT2D eigenvalue weighted by molar-refractivity contribution is -0.0882. The van der Waals surface area contributed by atoms with Crippen LogP contribution in [0, 0.1) is 8.99 Å². The summed E-state index contributed by atoms with van der Waals surface area (Å²) in [5.41, 5.74) is 0.381. The van der Waals surface area contributed by atoms with E-state index in [2.05, 4.69) is 59.2 Å². The number of rotatable bonds is 3. The quantitative estimate of drug-likeness (QED) is 0.781. The smallest absolute Gasteiger partial charge is 0.120 e. The Morgan fingerprint density at radius 2 is 1.95 bits per heavy atom. The summed E-state index contributed by atoms with van der Waals surface area (Å²) in [5, 5.41) is 3.54. The molecule has 0 bridgehead atoms. The standard InChI is InChI=1S/C17H24INO/c1-19-15-12-16(17(15)9-4-2-3-5-10-17)20-14-8-6-7-13(18)11-14/h6-8,11,15-16,19H,2-5,9-10,12H2,1H3. The van der Waals surface area contributed by atoms with Gasteiger partial charge in [-0.25, -0.2) is 0 Å². The molecule has 0 radical (unpaired) electrons. The van der Waals surface area contributed by atoms with Gasteiger partial charge in [-0.05, 0) is 60.7 Å². The largest absolute Gasteiger partial charge is 0.490 e. The third kappa shape index (κ3) is 2.71. The Morgan fingerprint density at radius 3 is 2.60 bits per heavy atom. The van der Waals surface area contributed by atoms with Crippen LogP contribution in [0.5, 0.6) is 5.75 Å². The fourth-order valence-corrected chi connectivity index (χ4v) is 4.59. The van der Waals surface area contributed by atoms with Gasteiger partial charge in [0.25, 0.3) is 0 Å². The summed E-state index contributed by atoms with van der Waals surface area (Å²) in [5.74, 6) is 1.04. The van der Waals surface area contributed by atoms with Crippen LogP contribution in [0.4, 0.5) is 0 Å². The molecule has 0 aliphatic heterocycles. The van der Waals surface area contributed by atoms with E-state index in [9.17, 15) is 0 Å². The minimum Gasteiger partial charge on any atom is -0.490 e. The van der Waals surface area contributed by atoms with Gasteiger partial charge < -0.3 is 10.1 Å². The second kappa shape index (κ2) is 6.22. The zero-order chi connectivity index (χ0) is 14.0. The van der Waals surface area contributed by atoms with Crippen LogP contribution in [0.15, 0.2) is 24.3 Å². The van der Waals surface area contributed by atoms with E-state index in [-0.39, 0.29) is 0 Å². The van der Waals surface area contributed by atoms with E-state index in [1.54, 1.807) is 0 Å². The average Bonchev–Trinajstić information content (AvgIpc) is 2.71. The van der Waals surface area contributed by atoms with E-state index in [0.29, 0.717) is 17.6 Å². The molecule has 2 aliphatic carbocycles. The first-order valence-corrected chi connectivity index (χ1v) is 8.92. The number of halogens is 1. The van der Waals surface area contributed by atoms with Crippen LogP contribution in [0.2, 0.25) is 0 Å². The van der Waals surface area contributed by atoms with Crippen molar-refractivity contribution in [3.05, 3.63) is 27.8 Å². The maximum absolute atomic E-state index is 6.37. The molecule has 3 rings (SSSR count).